The number of nitrogens with zero attached hydrogens (tertiary/aromatic N) is 2. The van der Waals surface area contributed by atoms with E-state index in [1.807, 2.05) is 65.6 Å². The summed E-state index contributed by atoms with van der Waals surface area (Å²) in [6.07, 6.45) is 1.91. The van der Waals surface area contributed by atoms with Crippen molar-refractivity contribution >= 4 is 40.9 Å². The number of carbonyl (C=O) groups is 3. The highest BCUT2D eigenvalue weighted by atomic mass is 35.5. The molecule has 0 radical (unpaired) electrons. The molecule has 0 aliphatic carbocycles. The Labute approximate surface area is 263 Å². The topological polar surface area (TPSA) is 79.0 Å². The smallest absolute Gasteiger partial charge is 0.251 e. The quantitative estimate of drug-likeness (QED) is 0.342. The molecule has 0 aromatic heterocycles. The third-order valence-electron chi connectivity index (χ3n) is 8.66. The first kappa shape index (κ1) is 31.0. The van der Waals surface area contributed by atoms with Crippen molar-refractivity contribution in [1.29, 1.82) is 0 Å². The van der Waals surface area contributed by atoms with Gasteiger partial charge < -0.3 is 19.9 Å². The first-order valence-corrected chi connectivity index (χ1v) is 15.5. The summed E-state index contributed by atoms with van der Waals surface area (Å²) in [7, 11) is 1.61. The highest BCUT2D eigenvalue weighted by molar-refractivity contribution is 6.42. The molecule has 2 fully saturated rings. The van der Waals surface area contributed by atoms with Crippen LogP contribution in [-0.2, 0) is 20.9 Å². The van der Waals surface area contributed by atoms with Gasteiger partial charge in [0.15, 0.2) is 0 Å². The van der Waals surface area contributed by atoms with E-state index in [0.717, 1.165) is 22.3 Å². The Morgan fingerprint density at radius 2 is 1.58 bits per heavy atom. The third kappa shape index (κ3) is 7.23. The lowest BCUT2D eigenvalue weighted by molar-refractivity contribution is -0.141. The number of piperidine rings is 2. The van der Waals surface area contributed by atoms with Gasteiger partial charge in [0.2, 0.25) is 11.8 Å². The van der Waals surface area contributed by atoms with Crippen molar-refractivity contribution in [2.75, 3.05) is 33.3 Å². The Morgan fingerprint density at radius 3 is 2.26 bits per heavy atom. The molecule has 2 saturated heterocycles. The lowest BCUT2D eigenvalue weighted by Gasteiger charge is -2.41. The fourth-order valence-electron chi connectivity index (χ4n) is 6.23. The lowest BCUT2D eigenvalue weighted by Crippen LogP contribution is -2.53. The molecule has 0 bridgehead atoms. The third-order valence-corrected chi connectivity index (χ3v) is 9.40. The van der Waals surface area contributed by atoms with E-state index in [9.17, 15) is 14.4 Å². The number of ether oxygens (including phenoxy) is 1. The van der Waals surface area contributed by atoms with Crippen LogP contribution < -0.4 is 5.32 Å². The summed E-state index contributed by atoms with van der Waals surface area (Å²) < 4.78 is 5.41. The van der Waals surface area contributed by atoms with E-state index >= 15 is 0 Å². The maximum atomic E-state index is 13.9. The maximum Gasteiger partial charge on any atom is 0.251 e. The van der Waals surface area contributed by atoms with Crippen LogP contribution in [0.25, 0.3) is 11.1 Å². The van der Waals surface area contributed by atoms with Crippen LogP contribution in [0.1, 0.15) is 53.6 Å². The monoisotopic (exact) mass is 621 g/mol. The SMILES string of the molecule is COCc1ccc(-c2ccccc2)cc1C(=O)NC1CCN(C(=O)C2CCN(C(C)=O)CC2)CC1c1ccc(Cl)c(Cl)c1. The van der Waals surface area contributed by atoms with Crippen LogP contribution in [0.2, 0.25) is 10.0 Å². The zero-order chi connectivity index (χ0) is 30.5. The lowest BCUT2D eigenvalue weighted by atomic mass is 9.84. The molecule has 3 aromatic rings. The van der Waals surface area contributed by atoms with Crippen LogP contribution in [0.4, 0.5) is 0 Å². The van der Waals surface area contributed by atoms with Gasteiger partial charge in [0.1, 0.15) is 0 Å². The zero-order valence-corrected chi connectivity index (χ0v) is 26.0. The number of likely N-dealkylation sites (tertiary alicyclic amines) is 2. The van der Waals surface area contributed by atoms with Gasteiger partial charge in [0.05, 0.1) is 16.7 Å². The highest BCUT2D eigenvalue weighted by Gasteiger charge is 2.37. The summed E-state index contributed by atoms with van der Waals surface area (Å²) in [4.78, 5) is 43.0. The number of nitrogens with one attached hydrogen (secondary N) is 1. The van der Waals surface area contributed by atoms with Crippen molar-refractivity contribution in [2.24, 2.45) is 5.92 Å². The molecular weight excluding hydrogens is 585 g/mol. The van der Waals surface area contributed by atoms with Gasteiger partial charge in [-0.1, -0.05) is 71.7 Å². The summed E-state index contributed by atoms with van der Waals surface area (Å²) >= 11 is 12.7. The Bertz CT molecular complexity index is 1470. The molecule has 5 rings (SSSR count). The van der Waals surface area contributed by atoms with E-state index in [4.69, 9.17) is 27.9 Å². The Morgan fingerprint density at radius 1 is 0.860 bits per heavy atom. The van der Waals surface area contributed by atoms with Crippen molar-refractivity contribution in [1.82, 2.24) is 15.1 Å². The molecule has 226 valence electrons. The molecular formula is C34H37Cl2N3O4. The molecule has 2 aliphatic rings. The molecule has 0 saturated carbocycles. The molecule has 2 aliphatic heterocycles. The van der Waals surface area contributed by atoms with Crippen LogP contribution in [-0.4, -0.2) is 66.9 Å². The summed E-state index contributed by atoms with van der Waals surface area (Å²) in [6, 6.07) is 21.1. The minimum absolute atomic E-state index is 0.0464. The Balaban J connectivity index is 1.38. The minimum atomic E-state index is -0.232. The predicted octanol–water partition coefficient (Wildman–Crippen LogP) is 6.18. The molecule has 2 atom stereocenters. The van der Waals surface area contributed by atoms with Gasteiger partial charge in [-0.15, -0.1) is 0 Å². The second-order valence-corrected chi connectivity index (χ2v) is 12.2. The van der Waals surface area contributed by atoms with Gasteiger partial charge in [-0.25, -0.2) is 0 Å². The molecule has 1 N–H and O–H groups in total. The summed E-state index contributed by atoms with van der Waals surface area (Å²) in [5, 5.41) is 4.19. The molecule has 2 heterocycles. The van der Waals surface area contributed by atoms with Crippen molar-refractivity contribution in [2.45, 2.75) is 44.8 Å². The number of carbonyl (C=O) groups excluding carboxylic acids is 3. The van der Waals surface area contributed by atoms with E-state index in [0.29, 0.717) is 67.7 Å². The fourth-order valence-corrected chi connectivity index (χ4v) is 6.54. The van der Waals surface area contributed by atoms with Crippen molar-refractivity contribution in [3.8, 4) is 11.1 Å². The van der Waals surface area contributed by atoms with Crippen LogP contribution >= 0.6 is 23.2 Å². The summed E-state index contributed by atoms with van der Waals surface area (Å²) in [5.74, 6) is -0.331. The van der Waals surface area contributed by atoms with Crippen LogP contribution in [0.15, 0.2) is 66.7 Å². The predicted molar refractivity (Wildman–Crippen MR) is 169 cm³/mol. The van der Waals surface area contributed by atoms with Gasteiger partial charge >= 0.3 is 0 Å². The number of hydrogen-bond donors (Lipinski definition) is 1. The minimum Gasteiger partial charge on any atom is -0.380 e. The summed E-state index contributed by atoms with van der Waals surface area (Å²) in [6.45, 7) is 4.05. The zero-order valence-electron chi connectivity index (χ0n) is 24.5. The molecule has 3 aromatic carbocycles. The second-order valence-electron chi connectivity index (χ2n) is 11.4. The average Bonchev–Trinajstić information content (AvgIpc) is 3.03. The maximum absolute atomic E-state index is 13.9. The number of halogens is 2. The van der Waals surface area contributed by atoms with Crippen molar-refractivity contribution < 1.29 is 19.1 Å². The van der Waals surface area contributed by atoms with E-state index in [-0.39, 0.29) is 35.6 Å². The number of benzene rings is 3. The van der Waals surface area contributed by atoms with E-state index in [2.05, 4.69) is 5.32 Å². The van der Waals surface area contributed by atoms with E-state index < -0.39 is 0 Å². The van der Waals surface area contributed by atoms with Gasteiger partial charge in [-0.2, -0.15) is 0 Å². The van der Waals surface area contributed by atoms with E-state index in [1.165, 1.54) is 0 Å². The molecule has 9 heteroatoms. The number of amides is 3. The van der Waals surface area contributed by atoms with E-state index in [1.54, 1.807) is 25.0 Å². The molecule has 43 heavy (non-hydrogen) atoms. The Hall–Kier alpha value is -3.39. The normalized spacial score (nSPS) is 19.3. The largest absolute Gasteiger partial charge is 0.380 e. The second kappa shape index (κ2) is 13.9. The molecule has 3 amide bonds. The van der Waals surface area contributed by atoms with Crippen molar-refractivity contribution in [3.63, 3.8) is 0 Å². The first-order chi connectivity index (χ1) is 20.7. The number of rotatable bonds is 7. The highest BCUT2D eigenvalue weighted by Crippen LogP contribution is 2.34. The van der Waals surface area contributed by atoms with Gasteiger partial charge in [-0.3, -0.25) is 14.4 Å². The molecule has 0 spiro atoms. The molecule has 2 unspecified atom stereocenters. The fraction of sp³-hybridized carbons (Fsp3) is 0.382. The van der Waals surface area contributed by atoms with Crippen molar-refractivity contribution in [3.05, 3.63) is 93.5 Å². The van der Waals surface area contributed by atoms with Gasteiger partial charge in [0, 0.05) is 63.7 Å². The van der Waals surface area contributed by atoms with Crippen LogP contribution in [0.5, 0.6) is 0 Å². The molecule has 7 nitrogen and oxygen atoms in total. The first-order valence-electron chi connectivity index (χ1n) is 14.7. The van der Waals surface area contributed by atoms with Gasteiger partial charge in [0.25, 0.3) is 5.91 Å². The standard InChI is InChI=1S/C34H37Cl2N3O4/c1-22(40)38-15-12-24(13-16-38)34(42)39-17-14-32(29(20-39)26-10-11-30(35)31(36)19-26)37-33(41)28-18-25(8-9-27(28)21-43-2)23-6-4-3-5-7-23/h3-11,18-19,24,29,32H,12-17,20-21H2,1-2H3,(H,37,41). The summed E-state index contributed by atoms with van der Waals surface area (Å²) in [5.41, 5.74) is 4.25. The van der Waals surface area contributed by atoms with Gasteiger partial charge in [-0.05, 0) is 59.7 Å². The van der Waals surface area contributed by atoms with Crippen LogP contribution in [0.3, 0.4) is 0 Å². The average molecular weight is 623 g/mol. The van der Waals surface area contributed by atoms with Crippen LogP contribution in [0, 0.1) is 5.92 Å². The number of methoxy groups -OCH3 is 1. The number of hydrogen-bond acceptors (Lipinski definition) is 4. The Kier molecular flexibility index (Phi) is 10.1.